The molecule has 0 saturated carbocycles. The van der Waals surface area contributed by atoms with E-state index in [1.807, 2.05) is 6.07 Å². The molecule has 1 aliphatic heterocycles. The molecule has 1 aromatic rings. The van der Waals surface area contributed by atoms with Crippen molar-refractivity contribution in [3.05, 3.63) is 35.6 Å². The monoisotopic (exact) mass is 236 g/mol. The van der Waals surface area contributed by atoms with Crippen molar-refractivity contribution < 1.29 is 4.39 Å². The molecule has 0 spiro atoms. The molecule has 0 aromatic heterocycles. The Hall–Kier alpha value is -0.930. The number of nitrogens with one attached hydrogen (secondary N) is 1. The summed E-state index contributed by atoms with van der Waals surface area (Å²) in [6.07, 6.45) is 1.14. The minimum absolute atomic E-state index is 0.141. The van der Waals surface area contributed by atoms with Crippen LogP contribution < -0.4 is 5.32 Å². The molecule has 0 bridgehead atoms. The zero-order chi connectivity index (χ0) is 12.3. The Morgan fingerprint density at radius 2 is 2.24 bits per heavy atom. The van der Waals surface area contributed by atoms with Gasteiger partial charge in [0, 0.05) is 25.2 Å². The summed E-state index contributed by atoms with van der Waals surface area (Å²) in [7, 11) is 0. The molecule has 1 aromatic carbocycles. The van der Waals surface area contributed by atoms with E-state index in [0.717, 1.165) is 31.6 Å². The Morgan fingerprint density at radius 1 is 1.47 bits per heavy atom. The number of rotatable bonds is 5. The highest BCUT2D eigenvalue weighted by molar-refractivity contribution is 5.20. The SMILES string of the molecule is CCCN(C1CNC1)C(C)c1cccc(F)c1. The van der Waals surface area contributed by atoms with Crippen LogP contribution in [0.5, 0.6) is 0 Å². The van der Waals surface area contributed by atoms with Gasteiger partial charge in [0.05, 0.1) is 0 Å². The molecule has 1 atom stereocenters. The third-order valence-corrected chi connectivity index (χ3v) is 3.54. The van der Waals surface area contributed by atoms with Crippen LogP contribution in [-0.2, 0) is 0 Å². The summed E-state index contributed by atoms with van der Waals surface area (Å²) in [5.41, 5.74) is 1.07. The van der Waals surface area contributed by atoms with E-state index in [2.05, 4.69) is 24.1 Å². The molecule has 0 amide bonds. The maximum absolute atomic E-state index is 13.2. The molecule has 2 rings (SSSR count). The highest BCUT2D eigenvalue weighted by atomic mass is 19.1. The zero-order valence-electron chi connectivity index (χ0n) is 10.6. The van der Waals surface area contributed by atoms with Crippen molar-refractivity contribution in [1.29, 1.82) is 0 Å². The molecule has 1 aliphatic rings. The lowest BCUT2D eigenvalue weighted by molar-refractivity contribution is 0.103. The first-order valence-corrected chi connectivity index (χ1v) is 6.44. The van der Waals surface area contributed by atoms with Gasteiger partial charge in [-0.15, -0.1) is 0 Å². The van der Waals surface area contributed by atoms with Crippen molar-refractivity contribution in [2.45, 2.75) is 32.4 Å². The molecule has 0 aliphatic carbocycles. The molecule has 0 radical (unpaired) electrons. The molecule has 1 saturated heterocycles. The van der Waals surface area contributed by atoms with Gasteiger partial charge in [0.1, 0.15) is 5.82 Å². The van der Waals surface area contributed by atoms with E-state index in [0.29, 0.717) is 6.04 Å². The Bertz CT molecular complexity index is 363. The fourth-order valence-electron chi connectivity index (χ4n) is 2.42. The molecule has 1 fully saturated rings. The number of hydrogen-bond donors (Lipinski definition) is 1. The van der Waals surface area contributed by atoms with Crippen LogP contribution in [0.1, 0.15) is 31.9 Å². The fraction of sp³-hybridized carbons (Fsp3) is 0.571. The summed E-state index contributed by atoms with van der Waals surface area (Å²) in [4.78, 5) is 2.48. The van der Waals surface area contributed by atoms with Crippen LogP contribution in [0.2, 0.25) is 0 Å². The molecule has 1 N–H and O–H groups in total. The fourth-order valence-corrected chi connectivity index (χ4v) is 2.42. The van der Waals surface area contributed by atoms with Gasteiger partial charge in [0.2, 0.25) is 0 Å². The molecule has 94 valence electrons. The van der Waals surface area contributed by atoms with Crippen molar-refractivity contribution in [2.24, 2.45) is 0 Å². The van der Waals surface area contributed by atoms with Gasteiger partial charge in [-0.1, -0.05) is 19.1 Å². The average molecular weight is 236 g/mol. The minimum atomic E-state index is -0.141. The average Bonchev–Trinajstić information content (AvgIpc) is 2.25. The second-order valence-corrected chi connectivity index (χ2v) is 4.78. The van der Waals surface area contributed by atoms with Crippen LogP contribution in [-0.4, -0.2) is 30.6 Å². The first-order valence-electron chi connectivity index (χ1n) is 6.44. The third-order valence-electron chi connectivity index (χ3n) is 3.54. The summed E-state index contributed by atoms with van der Waals surface area (Å²) in [6, 6.07) is 7.86. The van der Waals surface area contributed by atoms with Crippen LogP contribution in [0.4, 0.5) is 4.39 Å². The summed E-state index contributed by atoms with van der Waals surface area (Å²) < 4.78 is 13.2. The molecular weight excluding hydrogens is 215 g/mol. The van der Waals surface area contributed by atoms with E-state index in [9.17, 15) is 4.39 Å². The van der Waals surface area contributed by atoms with Crippen LogP contribution in [0, 0.1) is 5.82 Å². The van der Waals surface area contributed by atoms with Crippen LogP contribution in [0.15, 0.2) is 24.3 Å². The Morgan fingerprint density at radius 3 is 2.76 bits per heavy atom. The standard InChI is InChI=1S/C14H21FN2/c1-3-7-17(14-9-16-10-14)11(2)12-5-4-6-13(15)8-12/h4-6,8,11,14,16H,3,7,9-10H2,1-2H3. The van der Waals surface area contributed by atoms with E-state index >= 15 is 0 Å². The predicted octanol–water partition coefficient (Wildman–Crippen LogP) is 2.57. The van der Waals surface area contributed by atoms with Crippen molar-refractivity contribution in [1.82, 2.24) is 10.2 Å². The lowest BCUT2D eigenvalue weighted by atomic mass is 10.0. The number of hydrogen-bond acceptors (Lipinski definition) is 2. The van der Waals surface area contributed by atoms with Gasteiger partial charge in [-0.2, -0.15) is 0 Å². The Balaban J connectivity index is 2.11. The van der Waals surface area contributed by atoms with E-state index in [1.165, 1.54) is 6.07 Å². The molecular formula is C14H21FN2. The van der Waals surface area contributed by atoms with Gasteiger partial charge in [-0.25, -0.2) is 4.39 Å². The quantitative estimate of drug-likeness (QED) is 0.845. The maximum atomic E-state index is 13.2. The Labute approximate surface area is 103 Å². The highest BCUT2D eigenvalue weighted by Crippen LogP contribution is 2.24. The van der Waals surface area contributed by atoms with Gasteiger partial charge in [-0.3, -0.25) is 4.90 Å². The van der Waals surface area contributed by atoms with Crippen molar-refractivity contribution in [3.8, 4) is 0 Å². The predicted molar refractivity (Wildman–Crippen MR) is 68.5 cm³/mol. The van der Waals surface area contributed by atoms with Gasteiger partial charge in [-0.05, 0) is 37.6 Å². The first-order chi connectivity index (χ1) is 8.22. The van der Waals surface area contributed by atoms with Gasteiger partial charge >= 0.3 is 0 Å². The summed E-state index contributed by atoms with van der Waals surface area (Å²) in [5.74, 6) is -0.141. The molecule has 1 unspecified atom stereocenters. The van der Waals surface area contributed by atoms with Gasteiger partial charge in [0.25, 0.3) is 0 Å². The largest absolute Gasteiger partial charge is 0.314 e. The van der Waals surface area contributed by atoms with E-state index in [1.54, 1.807) is 12.1 Å². The van der Waals surface area contributed by atoms with Crippen molar-refractivity contribution in [2.75, 3.05) is 19.6 Å². The van der Waals surface area contributed by atoms with Crippen LogP contribution in [0.25, 0.3) is 0 Å². The molecule has 3 heteroatoms. The summed E-state index contributed by atoms with van der Waals surface area (Å²) >= 11 is 0. The van der Waals surface area contributed by atoms with Crippen molar-refractivity contribution in [3.63, 3.8) is 0 Å². The molecule has 2 nitrogen and oxygen atoms in total. The number of benzene rings is 1. The second-order valence-electron chi connectivity index (χ2n) is 4.78. The minimum Gasteiger partial charge on any atom is -0.314 e. The second kappa shape index (κ2) is 5.61. The van der Waals surface area contributed by atoms with Crippen molar-refractivity contribution >= 4 is 0 Å². The van der Waals surface area contributed by atoms with E-state index in [4.69, 9.17) is 0 Å². The zero-order valence-corrected chi connectivity index (χ0v) is 10.6. The maximum Gasteiger partial charge on any atom is 0.123 e. The highest BCUT2D eigenvalue weighted by Gasteiger charge is 2.28. The van der Waals surface area contributed by atoms with E-state index < -0.39 is 0 Å². The van der Waals surface area contributed by atoms with Crippen LogP contribution >= 0.6 is 0 Å². The topological polar surface area (TPSA) is 15.3 Å². The van der Waals surface area contributed by atoms with Gasteiger partial charge < -0.3 is 5.32 Å². The molecule has 1 heterocycles. The smallest absolute Gasteiger partial charge is 0.123 e. The lowest BCUT2D eigenvalue weighted by Crippen LogP contribution is -2.57. The van der Waals surface area contributed by atoms with Gasteiger partial charge in [0.15, 0.2) is 0 Å². The summed E-state index contributed by atoms with van der Waals surface area (Å²) in [5, 5.41) is 3.30. The van der Waals surface area contributed by atoms with E-state index in [-0.39, 0.29) is 11.9 Å². The number of halogens is 1. The number of nitrogens with zero attached hydrogens (tertiary/aromatic N) is 1. The third kappa shape index (κ3) is 2.85. The molecule has 17 heavy (non-hydrogen) atoms. The Kier molecular flexibility index (Phi) is 4.13. The van der Waals surface area contributed by atoms with Crippen LogP contribution in [0.3, 0.4) is 0 Å². The normalized spacial score (nSPS) is 18.1. The summed E-state index contributed by atoms with van der Waals surface area (Å²) in [6.45, 7) is 7.55. The first kappa shape index (κ1) is 12.5. The lowest BCUT2D eigenvalue weighted by Gasteiger charge is -2.42.